The van der Waals surface area contributed by atoms with Crippen LogP contribution in [0.15, 0.2) is 291 Å². The van der Waals surface area contributed by atoms with Gasteiger partial charge in [0.1, 0.15) is 89.5 Å². The number of amides is 1. The Morgan fingerprint density at radius 1 is 0.367 bits per heavy atom. The number of carbonyl (C=O) groups is 1. The number of carbonyl (C=O) groups excluding carboxylic acids is 1. The summed E-state index contributed by atoms with van der Waals surface area (Å²) in [6.07, 6.45) is 19.0. The van der Waals surface area contributed by atoms with Crippen molar-refractivity contribution >= 4 is 129 Å². The van der Waals surface area contributed by atoms with Crippen LogP contribution < -0.4 is 58.6 Å². The molecule has 18 aromatic heterocycles. The van der Waals surface area contributed by atoms with Gasteiger partial charge in [0.15, 0.2) is 80.6 Å². The van der Waals surface area contributed by atoms with E-state index in [2.05, 4.69) is 102 Å². The molecule has 0 spiro atoms. The number of thiophene rings is 1. The molecule has 0 aliphatic rings. The Morgan fingerprint density at radius 3 is 1.28 bits per heavy atom. The number of hydrogen-bond donors (Lipinski definition) is 3. The molecule has 1 amide bonds. The van der Waals surface area contributed by atoms with Crippen LogP contribution in [-0.4, -0.2) is 169 Å². The van der Waals surface area contributed by atoms with E-state index in [-0.39, 0.29) is 56.0 Å². The average Bonchev–Trinajstić information content (AvgIpc) is 1.63. The molecule has 0 saturated carbocycles. The number of rotatable bonds is 28. The van der Waals surface area contributed by atoms with Crippen molar-refractivity contribution in [3.05, 3.63) is 359 Å². The lowest BCUT2D eigenvalue weighted by molar-refractivity contribution is 0.0953. The Bertz CT molecular complexity index is 9060. The fourth-order valence-corrected chi connectivity index (χ4v) is 17.6. The van der Waals surface area contributed by atoms with Crippen LogP contribution in [0.5, 0.6) is 51.7 Å². The van der Waals surface area contributed by atoms with Gasteiger partial charge in [-0.05, 0) is 182 Å². The van der Waals surface area contributed by atoms with Gasteiger partial charge < -0.3 is 58.6 Å². The minimum atomic E-state index is -1.01. The minimum absolute atomic E-state index is 0.0237. The molecule has 150 heavy (non-hydrogen) atoms. The van der Waals surface area contributed by atoms with Crippen molar-refractivity contribution in [2.75, 3.05) is 61.0 Å². The van der Waals surface area contributed by atoms with Crippen LogP contribution in [0.2, 0.25) is 4.34 Å². The third-order valence-electron chi connectivity index (χ3n) is 23.7. The van der Waals surface area contributed by atoms with Crippen molar-refractivity contribution in [3.63, 3.8) is 0 Å². The molecule has 43 heteroatoms. The lowest BCUT2D eigenvalue weighted by atomic mass is 10.1. The Kier molecular flexibility index (Phi) is 29.5. The Morgan fingerprint density at radius 2 is 0.793 bits per heavy atom. The van der Waals surface area contributed by atoms with Crippen LogP contribution >= 0.6 is 34.3 Å². The maximum absolute atomic E-state index is 14.6. The third kappa shape index (κ3) is 22.0. The molecule has 6 aromatic carbocycles. The lowest BCUT2D eigenvalue weighted by Crippen LogP contribution is -2.30. The number of hydrogen-bond acceptors (Lipinski definition) is 31. The van der Waals surface area contributed by atoms with Gasteiger partial charge >= 0.3 is 0 Å². The quantitative estimate of drug-likeness (QED) is 0.0303. The van der Waals surface area contributed by atoms with Crippen molar-refractivity contribution in [1.29, 1.82) is 0 Å². The number of anilines is 1. The molecule has 750 valence electrons. The number of likely N-dealkylation sites (N-methyl/N-ethyl adjacent to an activating group) is 1. The van der Waals surface area contributed by atoms with E-state index in [4.69, 9.17) is 54.2 Å². The molecule has 24 rings (SSSR count). The molecule has 3 N–H and O–H groups in total. The first-order chi connectivity index (χ1) is 73.4. The highest BCUT2D eigenvalue weighted by Gasteiger charge is 2.22. The monoisotopic (exact) mass is 2070 g/mol. The molecule has 0 fully saturated rings. The predicted molar refractivity (Wildman–Crippen MR) is 555 cm³/mol. The molecule has 0 aliphatic carbocycles. The summed E-state index contributed by atoms with van der Waals surface area (Å²) in [6.45, 7) is 2.27. The van der Waals surface area contributed by atoms with E-state index in [1.807, 2.05) is 160 Å². The van der Waals surface area contributed by atoms with Crippen LogP contribution in [0.3, 0.4) is 0 Å². The zero-order valence-electron chi connectivity index (χ0n) is 80.2. The molecular weight excluding hydrogens is 1990 g/mol. The molecule has 0 unspecified atom stereocenters. The molecule has 0 aliphatic heterocycles. The highest BCUT2D eigenvalue weighted by molar-refractivity contribution is 7.19. The van der Waals surface area contributed by atoms with Gasteiger partial charge in [-0.15, -0.1) is 73.7 Å². The molecule has 0 radical (unpaired) electrons. The van der Waals surface area contributed by atoms with Gasteiger partial charge in [-0.25, -0.2) is 31.9 Å². The van der Waals surface area contributed by atoms with Crippen molar-refractivity contribution < 1.29 is 69.4 Å². The second-order valence-corrected chi connectivity index (χ2v) is 35.3. The number of pyridine rings is 11. The van der Waals surface area contributed by atoms with Crippen molar-refractivity contribution in [3.8, 4) is 95.7 Å². The molecule has 0 saturated heterocycles. The summed E-state index contributed by atoms with van der Waals surface area (Å²) in [7, 11) is 9.87. The highest BCUT2D eigenvalue weighted by atomic mass is 35.5. The maximum Gasteiger partial charge on any atom is 0.252 e. The third-order valence-corrected chi connectivity index (χ3v) is 25.6. The van der Waals surface area contributed by atoms with E-state index in [1.54, 1.807) is 160 Å². The number of benzene rings is 6. The van der Waals surface area contributed by atoms with Gasteiger partial charge in [-0.1, -0.05) is 29.8 Å². The smallest absolute Gasteiger partial charge is 0.252 e. The first-order valence-electron chi connectivity index (χ1n) is 46.0. The van der Waals surface area contributed by atoms with E-state index in [0.29, 0.717) is 115 Å². The van der Waals surface area contributed by atoms with Crippen LogP contribution in [-0.2, 0) is 33.0 Å². The lowest BCUT2D eigenvalue weighted by Gasteiger charge is -2.10. The number of nitrogens with one attached hydrogen (secondary N) is 3. The highest BCUT2D eigenvalue weighted by Crippen LogP contribution is 2.38. The van der Waals surface area contributed by atoms with E-state index in [9.17, 15) is 26.7 Å². The number of fused-ring (bicyclic) bond motifs is 10. The van der Waals surface area contributed by atoms with Crippen LogP contribution in [0.1, 0.15) is 39.5 Å². The predicted octanol–water partition coefficient (Wildman–Crippen LogP) is 20.2. The Balaban J connectivity index is 0.000000113. The fraction of sp³-hybridized carbons (Fsp3) is 0.121. The summed E-state index contributed by atoms with van der Waals surface area (Å²) in [5.41, 5.74) is 14.7. The van der Waals surface area contributed by atoms with Crippen LogP contribution in [0.25, 0.3) is 127 Å². The van der Waals surface area contributed by atoms with Gasteiger partial charge in [0.05, 0.1) is 103 Å². The van der Waals surface area contributed by atoms with E-state index in [0.717, 1.165) is 122 Å². The molecule has 18 heterocycles. The number of nitrogens with zero attached hydrogens (tertiary/aromatic N) is 22. The summed E-state index contributed by atoms with van der Waals surface area (Å²) in [5, 5.41) is 56.0. The summed E-state index contributed by atoms with van der Waals surface area (Å²) in [5.74, 6) is 5.51. The zero-order valence-corrected chi connectivity index (χ0v) is 82.6. The van der Waals surface area contributed by atoms with Crippen molar-refractivity contribution in [2.45, 2.75) is 33.0 Å². The minimum Gasteiger partial charge on any atom is -0.497 e. The first-order valence-corrected chi connectivity index (χ1v) is 48.1. The van der Waals surface area contributed by atoms with Gasteiger partial charge in [0.2, 0.25) is 0 Å². The molecule has 24 aromatic rings. The Labute approximate surface area is 860 Å². The van der Waals surface area contributed by atoms with Crippen molar-refractivity contribution in [2.24, 2.45) is 0 Å². The average molecular weight is 2070 g/mol. The van der Waals surface area contributed by atoms with Crippen LogP contribution in [0, 0.1) is 29.1 Å². The largest absolute Gasteiger partial charge is 0.497 e. The first kappa shape index (κ1) is 98.7. The van der Waals surface area contributed by atoms with Gasteiger partial charge in [0, 0.05) is 159 Å². The SMILES string of the molecule is CNCCNC(=O)c1ccc2nnc(COc3ccnc4cc(OC)ccc34)n2c1.COc1ccc2c(OCc3nnc4c(F)cc(-c5ccc(F)cc5)cn34)ccnc2c1.COc1ccc2c(OCc3nnc4ccc(-c5ccc(Cl)s5)cn34)ccnc2c1.COc1ccc2c(OCc3nnc4ccc(-c5cscn5)cn34)ccnc2c1.COc1cnc2c(NCc3nnc4c(F)cc(-c5ccc(F)c(F)c5)cn34)ccnc2c1. The fourth-order valence-electron chi connectivity index (χ4n) is 16.0. The standard InChI is InChI=1S/C23H16F2N4O2.C22H15F3N6O.C21H15ClN4O2S.C21H22N6O3.C20H15N5O2S/c1-30-17-6-7-18-20(11-17)26-9-8-21(18)31-13-22-27-28-23-19(25)10-15(12-29(22)23)14-2-4-16(24)5-3-14;1-32-14-8-19-21(28-9-14)18(4-5-26-19)27-10-20-29-30-22-17(25)7-13(11-31(20)22)12-2-3-15(23)16(24)6-12;1-27-14-3-4-15-16(10-14)23-9-8-17(15)28-12-21-25-24-20-7-2-13(11-26(20)21)18-5-6-19(22)29-18;1-22-9-10-24-21(28)14-3-6-19-25-26-20(27(19)12-14)13-30-18-7-8-23-17-11-15(29-2)4-5-16(17)18;1-26-14-3-4-15-16(8-14)21-7-6-18(15)27-10-20-24-23-19-5-2-13(9-25(19)20)17-11-28-12-22-17/h2-12H,13H2,1H3;2-9,11H,10H2,1H3,(H,26,27);2-11H,12H2,1H3;3-8,11-12,22H,9-10,13H2,1-2H3,(H,24,28);2-9,11-12H,10H2,1H3. The summed E-state index contributed by atoms with van der Waals surface area (Å²) in [4.78, 5) is 43.9. The zero-order chi connectivity index (χ0) is 103. The molecule has 0 atom stereocenters. The van der Waals surface area contributed by atoms with Gasteiger partial charge in [0.25, 0.3) is 5.91 Å². The van der Waals surface area contributed by atoms with E-state index < -0.39 is 23.3 Å². The summed E-state index contributed by atoms with van der Waals surface area (Å²) in [6, 6.07) is 60.4. The molecule has 0 bridgehead atoms. The summed E-state index contributed by atoms with van der Waals surface area (Å²) >= 11 is 9.18. The number of aromatic nitrogens is 22. The van der Waals surface area contributed by atoms with E-state index >= 15 is 0 Å². The Hall–Kier alpha value is -18.7. The number of thiazole rings is 1. The molecular formula is C107H83ClF5N25O10S2. The van der Waals surface area contributed by atoms with Crippen molar-refractivity contribution in [1.82, 2.24) is 119 Å². The normalized spacial score (nSPS) is 11.2. The van der Waals surface area contributed by atoms with Crippen LogP contribution in [0.4, 0.5) is 27.6 Å². The molecule has 35 nitrogen and oxygen atoms in total. The number of ether oxygens (including phenoxy) is 9. The topological polar surface area (TPSA) is 377 Å². The second-order valence-electron chi connectivity index (χ2n) is 32.9. The summed E-state index contributed by atoms with van der Waals surface area (Å²) < 4.78 is 129. The van der Waals surface area contributed by atoms with E-state index in [1.165, 1.54) is 46.1 Å². The number of halogens is 6. The maximum atomic E-state index is 14.6. The number of methoxy groups -OCH3 is 5. The van der Waals surface area contributed by atoms with Gasteiger partial charge in [-0.3, -0.25) is 51.7 Å². The van der Waals surface area contributed by atoms with Gasteiger partial charge in [-0.2, -0.15) is 0 Å². The second kappa shape index (κ2) is 44.9.